The van der Waals surface area contributed by atoms with Crippen LogP contribution in [0.4, 0.5) is 5.69 Å². The summed E-state index contributed by atoms with van der Waals surface area (Å²) in [5.74, 6) is -0.655. The number of nitrogens with zero attached hydrogens (tertiary/aromatic N) is 1. The third-order valence-electron chi connectivity index (χ3n) is 3.46. The number of hydrogen-bond donors (Lipinski definition) is 1. The number of carbonyl (C=O) groups is 2. The summed E-state index contributed by atoms with van der Waals surface area (Å²) in [6, 6.07) is 7.62. The zero-order valence-corrected chi connectivity index (χ0v) is 11.0. The van der Waals surface area contributed by atoms with E-state index in [9.17, 15) is 9.59 Å². The van der Waals surface area contributed by atoms with E-state index in [0.29, 0.717) is 12.8 Å². The molecule has 0 saturated carbocycles. The highest BCUT2D eigenvalue weighted by molar-refractivity contribution is 5.94. The van der Waals surface area contributed by atoms with E-state index in [1.165, 1.54) is 0 Å². The first-order valence-corrected chi connectivity index (χ1v) is 6.78. The molecule has 1 aliphatic rings. The van der Waals surface area contributed by atoms with Crippen LogP contribution in [0.3, 0.4) is 0 Å². The second kappa shape index (κ2) is 6.36. The number of benzene rings is 1. The van der Waals surface area contributed by atoms with Crippen LogP contribution >= 0.6 is 0 Å². The van der Waals surface area contributed by atoms with Crippen LogP contribution in [0, 0.1) is 0 Å². The highest BCUT2D eigenvalue weighted by Crippen LogP contribution is 2.25. The highest BCUT2D eigenvalue weighted by Gasteiger charge is 2.20. The van der Waals surface area contributed by atoms with E-state index in [2.05, 4.69) is 0 Å². The highest BCUT2D eigenvalue weighted by atomic mass is 16.4. The molecule has 1 aromatic rings. The topological polar surface area (TPSA) is 57.6 Å². The first-order chi connectivity index (χ1) is 9.18. The van der Waals surface area contributed by atoms with Crippen molar-refractivity contribution in [1.29, 1.82) is 0 Å². The molecule has 1 N–H and O–H groups in total. The van der Waals surface area contributed by atoms with Crippen LogP contribution in [0.15, 0.2) is 24.3 Å². The van der Waals surface area contributed by atoms with Crippen LogP contribution < -0.4 is 4.90 Å². The zero-order chi connectivity index (χ0) is 13.7. The SMILES string of the molecule is O=C(O)CCc1ccccc1N1CCCCCC1=O. The van der Waals surface area contributed by atoms with Gasteiger partial charge in [-0.25, -0.2) is 0 Å². The minimum absolute atomic E-state index is 0.0963. The van der Waals surface area contributed by atoms with E-state index in [0.717, 1.165) is 37.1 Å². The van der Waals surface area contributed by atoms with Crippen molar-refractivity contribution in [3.63, 3.8) is 0 Å². The summed E-state index contributed by atoms with van der Waals surface area (Å²) in [7, 11) is 0. The van der Waals surface area contributed by atoms with Gasteiger partial charge in [0, 0.05) is 25.1 Å². The minimum atomic E-state index is -0.808. The van der Waals surface area contributed by atoms with Gasteiger partial charge in [-0.2, -0.15) is 0 Å². The number of carboxylic acid groups (broad SMARTS) is 1. The maximum absolute atomic E-state index is 12.1. The predicted molar refractivity (Wildman–Crippen MR) is 73.2 cm³/mol. The quantitative estimate of drug-likeness (QED) is 0.906. The molecule has 1 aromatic carbocycles. The third-order valence-corrected chi connectivity index (χ3v) is 3.46. The summed E-state index contributed by atoms with van der Waals surface area (Å²) in [5.41, 5.74) is 1.83. The molecule has 0 aliphatic carbocycles. The Bertz CT molecular complexity index is 470. The fourth-order valence-electron chi connectivity index (χ4n) is 2.46. The Morgan fingerprint density at radius 2 is 2.00 bits per heavy atom. The van der Waals surface area contributed by atoms with Gasteiger partial charge in [0.25, 0.3) is 0 Å². The number of para-hydroxylation sites is 1. The van der Waals surface area contributed by atoms with Gasteiger partial charge in [-0.05, 0) is 30.9 Å². The lowest BCUT2D eigenvalue weighted by Gasteiger charge is -2.23. The fraction of sp³-hybridized carbons (Fsp3) is 0.467. The van der Waals surface area contributed by atoms with Gasteiger partial charge in [0.2, 0.25) is 5.91 Å². The largest absolute Gasteiger partial charge is 0.481 e. The van der Waals surface area contributed by atoms with Crippen LogP contribution in [0.25, 0.3) is 0 Å². The third kappa shape index (κ3) is 3.56. The van der Waals surface area contributed by atoms with E-state index in [1.54, 1.807) is 0 Å². The number of anilines is 1. The number of aryl methyl sites for hydroxylation is 1. The Morgan fingerprint density at radius 1 is 1.21 bits per heavy atom. The molecule has 19 heavy (non-hydrogen) atoms. The van der Waals surface area contributed by atoms with E-state index in [-0.39, 0.29) is 12.3 Å². The molecule has 4 heteroatoms. The van der Waals surface area contributed by atoms with Crippen molar-refractivity contribution in [2.45, 2.75) is 38.5 Å². The molecule has 102 valence electrons. The van der Waals surface area contributed by atoms with Crippen LogP contribution in [0.5, 0.6) is 0 Å². The number of aliphatic carboxylic acids is 1. The van der Waals surface area contributed by atoms with E-state index in [4.69, 9.17) is 5.11 Å². The van der Waals surface area contributed by atoms with Crippen molar-refractivity contribution in [3.05, 3.63) is 29.8 Å². The van der Waals surface area contributed by atoms with Gasteiger partial charge < -0.3 is 10.0 Å². The predicted octanol–water partition coefficient (Wildman–Crippen LogP) is 2.61. The number of carbonyl (C=O) groups excluding carboxylic acids is 1. The summed E-state index contributed by atoms with van der Waals surface area (Å²) < 4.78 is 0. The van der Waals surface area contributed by atoms with Gasteiger partial charge in [0.15, 0.2) is 0 Å². The summed E-state index contributed by atoms with van der Waals surface area (Å²) >= 11 is 0. The molecule has 1 saturated heterocycles. The molecule has 1 fully saturated rings. The standard InChI is InChI=1S/C15H19NO3/c17-14-8-2-1-5-11-16(14)13-7-4-3-6-12(13)9-10-15(18)19/h3-4,6-7H,1-2,5,8-11H2,(H,18,19). The number of rotatable bonds is 4. The first kappa shape index (κ1) is 13.6. The van der Waals surface area contributed by atoms with Crippen molar-refractivity contribution in [1.82, 2.24) is 0 Å². The van der Waals surface area contributed by atoms with Gasteiger partial charge in [-0.1, -0.05) is 24.6 Å². The van der Waals surface area contributed by atoms with Crippen molar-refractivity contribution < 1.29 is 14.7 Å². The molecule has 0 radical (unpaired) electrons. The Kier molecular flexibility index (Phi) is 4.55. The fourth-order valence-corrected chi connectivity index (χ4v) is 2.46. The molecule has 4 nitrogen and oxygen atoms in total. The molecule has 1 aliphatic heterocycles. The lowest BCUT2D eigenvalue weighted by Crippen LogP contribution is -2.30. The van der Waals surface area contributed by atoms with Gasteiger partial charge >= 0.3 is 5.97 Å². The van der Waals surface area contributed by atoms with Gasteiger partial charge in [0.1, 0.15) is 0 Å². The average molecular weight is 261 g/mol. The van der Waals surface area contributed by atoms with Crippen molar-refractivity contribution >= 4 is 17.6 Å². The van der Waals surface area contributed by atoms with Gasteiger partial charge in [0.05, 0.1) is 0 Å². The Balaban J connectivity index is 2.22. The van der Waals surface area contributed by atoms with E-state index in [1.807, 2.05) is 29.2 Å². The van der Waals surface area contributed by atoms with Crippen molar-refractivity contribution in [2.24, 2.45) is 0 Å². The number of hydrogen-bond acceptors (Lipinski definition) is 2. The lowest BCUT2D eigenvalue weighted by molar-refractivity contribution is -0.136. The van der Waals surface area contributed by atoms with Crippen LogP contribution in [0.2, 0.25) is 0 Å². The summed E-state index contributed by atoms with van der Waals surface area (Å²) in [6.45, 7) is 0.739. The summed E-state index contributed by atoms with van der Waals surface area (Å²) in [4.78, 5) is 24.6. The van der Waals surface area contributed by atoms with Gasteiger partial charge in [-0.3, -0.25) is 9.59 Å². The first-order valence-electron chi connectivity index (χ1n) is 6.78. The molecule has 0 atom stereocenters. The van der Waals surface area contributed by atoms with Gasteiger partial charge in [-0.15, -0.1) is 0 Å². The maximum atomic E-state index is 12.1. The van der Waals surface area contributed by atoms with E-state index < -0.39 is 5.97 Å². The minimum Gasteiger partial charge on any atom is -0.481 e. The Morgan fingerprint density at radius 3 is 2.79 bits per heavy atom. The van der Waals surface area contributed by atoms with E-state index >= 15 is 0 Å². The molecular formula is C15H19NO3. The number of amides is 1. The Hall–Kier alpha value is -1.84. The zero-order valence-electron chi connectivity index (χ0n) is 11.0. The smallest absolute Gasteiger partial charge is 0.303 e. The molecule has 0 aromatic heterocycles. The second-order valence-electron chi connectivity index (χ2n) is 4.88. The monoisotopic (exact) mass is 261 g/mol. The normalized spacial score (nSPS) is 16.2. The molecule has 1 heterocycles. The average Bonchev–Trinajstić information content (AvgIpc) is 2.61. The molecule has 1 amide bonds. The molecule has 0 unspecified atom stereocenters. The van der Waals surface area contributed by atoms with Crippen molar-refractivity contribution in [2.75, 3.05) is 11.4 Å². The van der Waals surface area contributed by atoms with Crippen LogP contribution in [-0.2, 0) is 16.0 Å². The molecular weight excluding hydrogens is 242 g/mol. The molecule has 0 bridgehead atoms. The molecule has 2 rings (SSSR count). The Labute approximate surface area is 113 Å². The second-order valence-corrected chi connectivity index (χ2v) is 4.88. The summed E-state index contributed by atoms with van der Waals surface area (Å²) in [5, 5.41) is 8.79. The van der Waals surface area contributed by atoms with Crippen LogP contribution in [-0.4, -0.2) is 23.5 Å². The summed E-state index contributed by atoms with van der Waals surface area (Å²) in [6.07, 6.45) is 4.20. The molecule has 0 spiro atoms. The van der Waals surface area contributed by atoms with Crippen molar-refractivity contribution in [3.8, 4) is 0 Å². The van der Waals surface area contributed by atoms with Crippen LogP contribution in [0.1, 0.15) is 37.7 Å². The number of carboxylic acids is 1. The lowest BCUT2D eigenvalue weighted by atomic mass is 10.1. The maximum Gasteiger partial charge on any atom is 0.303 e.